The number of carbonyl (C=O) groups is 1. The fourth-order valence-corrected chi connectivity index (χ4v) is 2.97. The summed E-state index contributed by atoms with van der Waals surface area (Å²) in [6, 6.07) is 0.242. The molecule has 2 unspecified atom stereocenters. The maximum atomic E-state index is 12.9. The van der Waals surface area contributed by atoms with Gasteiger partial charge in [0.1, 0.15) is 0 Å². The topological polar surface area (TPSA) is 57.1 Å². The highest BCUT2D eigenvalue weighted by molar-refractivity contribution is 6.09. The number of amides is 1. The molecule has 1 fully saturated rings. The third-order valence-corrected chi connectivity index (χ3v) is 5.31. The Morgan fingerprint density at radius 3 is 2.65 bits per heavy atom. The molecule has 2 atom stereocenters. The van der Waals surface area contributed by atoms with Crippen LogP contribution in [0.25, 0.3) is 0 Å². The molecule has 2 aliphatic heterocycles. The highest BCUT2D eigenvalue weighted by Gasteiger charge is 2.56. The van der Waals surface area contributed by atoms with Gasteiger partial charge in [-0.3, -0.25) is 9.79 Å². The lowest BCUT2D eigenvalue weighted by Crippen LogP contribution is -2.67. The minimum Gasteiger partial charge on any atom is -0.354 e. The zero-order valence-corrected chi connectivity index (χ0v) is 13.4. The van der Waals surface area contributed by atoms with Crippen LogP contribution in [0.3, 0.4) is 0 Å². The van der Waals surface area contributed by atoms with Crippen LogP contribution in [-0.4, -0.2) is 48.7 Å². The molecule has 0 radical (unpaired) electrons. The Kier molecular flexibility index (Phi) is 3.65. The first-order valence-corrected chi connectivity index (χ1v) is 7.37. The first kappa shape index (κ1) is 15.0. The molecule has 20 heavy (non-hydrogen) atoms. The van der Waals surface area contributed by atoms with Gasteiger partial charge in [-0.2, -0.15) is 0 Å². The molecule has 1 saturated heterocycles. The molecule has 5 heteroatoms. The van der Waals surface area contributed by atoms with Gasteiger partial charge in [0.2, 0.25) is 11.9 Å². The van der Waals surface area contributed by atoms with Crippen LogP contribution in [0.5, 0.6) is 0 Å². The van der Waals surface area contributed by atoms with E-state index in [0.717, 1.165) is 12.1 Å². The standard InChI is InChI=1S/C15H26N4O/c1-7-10(2)19-8-11-15(5,14(3,4)12(19)20)9-17-13(16-6)18-11/h10H,7-9H2,1-6H3,(H,16,17). The number of rotatable bonds is 2. The van der Waals surface area contributed by atoms with E-state index in [4.69, 9.17) is 0 Å². The van der Waals surface area contributed by atoms with Gasteiger partial charge in [0.05, 0.1) is 17.7 Å². The summed E-state index contributed by atoms with van der Waals surface area (Å²) in [5.74, 6) is 0.902. The summed E-state index contributed by atoms with van der Waals surface area (Å²) >= 11 is 0. The Morgan fingerprint density at radius 2 is 2.10 bits per heavy atom. The van der Waals surface area contributed by atoms with Crippen LogP contribution in [-0.2, 0) is 4.79 Å². The molecule has 0 spiro atoms. The van der Waals surface area contributed by atoms with Crippen LogP contribution in [0.1, 0.15) is 41.0 Å². The van der Waals surface area contributed by atoms with Crippen LogP contribution in [0.2, 0.25) is 0 Å². The molecule has 112 valence electrons. The SMILES string of the molecule is CCC(C)N1CC2=NC(=NC)NCC2(C)C(C)(C)C1=O. The van der Waals surface area contributed by atoms with Gasteiger partial charge in [-0.15, -0.1) is 0 Å². The summed E-state index contributed by atoms with van der Waals surface area (Å²) in [6.07, 6.45) is 0.957. The number of guanidine groups is 1. The van der Waals surface area contributed by atoms with E-state index < -0.39 is 5.41 Å². The normalized spacial score (nSPS) is 32.5. The average molecular weight is 278 g/mol. The molecule has 0 aliphatic carbocycles. The predicted molar refractivity (Wildman–Crippen MR) is 82.2 cm³/mol. The van der Waals surface area contributed by atoms with E-state index in [2.05, 4.69) is 36.1 Å². The molecular formula is C15H26N4O. The lowest BCUT2D eigenvalue weighted by atomic mass is 9.60. The third-order valence-electron chi connectivity index (χ3n) is 5.31. The van der Waals surface area contributed by atoms with Crippen molar-refractivity contribution in [3.8, 4) is 0 Å². The molecule has 1 N–H and O–H groups in total. The largest absolute Gasteiger partial charge is 0.354 e. The lowest BCUT2D eigenvalue weighted by Gasteiger charge is -2.53. The summed E-state index contributed by atoms with van der Waals surface area (Å²) in [4.78, 5) is 23.6. The number of carbonyl (C=O) groups excluding carboxylic acids is 1. The molecule has 1 amide bonds. The molecule has 0 bridgehead atoms. The van der Waals surface area contributed by atoms with Gasteiger partial charge < -0.3 is 10.2 Å². The Labute approximate surface area is 121 Å². The van der Waals surface area contributed by atoms with Gasteiger partial charge in [0, 0.05) is 25.0 Å². The number of aliphatic imine (C=N–C) groups is 2. The van der Waals surface area contributed by atoms with Gasteiger partial charge in [0.15, 0.2) is 0 Å². The van der Waals surface area contributed by atoms with Crippen molar-refractivity contribution >= 4 is 17.6 Å². The fourth-order valence-electron chi connectivity index (χ4n) is 2.97. The minimum absolute atomic E-state index is 0.229. The summed E-state index contributed by atoms with van der Waals surface area (Å²) < 4.78 is 0. The van der Waals surface area contributed by atoms with Gasteiger partial charge in [-0.1, -0.05) is 27.7 Å². The van der Waals surface area contributed by atoms with Crippen molar-refractivity contribution in [2.24, 2.45) is 20.8 Å². The van der Waals surface area contributed by atoms with Crippen molar-refractivity contribution in [3.63, 3.8) is 0 Å². The van der Waals surface area contributed by atoms with Crippen LogP contribution < -0.4 is 5.32 Å². The highest BCUT2D eigenvalue weighted by atomic mass is 16.2. The molecule has 2 aliphatic rings. The highest BCUT2D eigenvalue weighted by Crippen LogP contribution is 2.46. The molecule has 2 rings (SSSR count). The zero-order valence-electron chi connectivity index (χ0n) is 13.4. The van der Waals surface area contributed by atoms with Gasteiger partial charge in [0.25, 0.3) is 0 Å². The Morgan fingerprint density at radius 1 is 1.45 bits per heavy atom. The number of piperidine rings is 1. The minimum atomic E-state index is -0.459. The van der Waals surface area contributed by atoms with Crippen molar-refractivity contribution < 1.29 is 4.79 Å². The Balaban J connectivity index is 2.48. The van der Waals surface area contributed by atoms with E-state index in [1.165, 1.54) is 0 Å². The number of hydrogen-bond acceptors (Lipinski definition) is 2. The van der Waals surface area contributed by atoms with Crippen LogP contribution in [0.4, 0.5) is 0 Å². The van der Waals surface area contributed by atoms with E-state index >= 15 is 0 Å². The maximum Gasteiger partial charge on any atom is 0.229 e. The van der Waals surface area contributed by atoms with Gasteiger partial charge in [-0.05, 0) is 13.3 Å². The van der Waals surface area contributed by atoms with Crippen LogP contribution >= 0.6 is 0 Å². The quantitative estimate of drug-likeness (QED) is 0.835. The van der Waals surface area contributed by atoms with Crippen LogP contribution in [0, 0.1) is 10.8 Å². The van der Waals surface area contributed by atoms with Crippen molar-refractivity contribution in [2.75, 3.05) is 20.1 Å². The van der Waals surface area contributed by atoms with Crippen molar-refractivity contribution in [1.29, 1.82) is 0 Å². The van der Waals surface area contributed by atoms with E-state index in [9.17, 15) is 4.79 Å². The summed E-state index contributed by atoms with van der Waals surface area (Å²) in [5, 5.41) is 3.23. The molecular weight excluding hydrogens is 252 g/mol. The van der Waals surface area contributed by atoms with Crippen molar-refractivity contribution in [1.82, 2.24) is 10.2 Å². The first-order chi connectivity index (χ1) is 9.27. The molecule has 0 aromatic carbocycles. The van der Waals surface area contributed by atoms with Crippen LogP contribution in [0.15, 0.2) is 9.98 Å². The van der Waals surface area contributed by atoms with E-state index in [1.807, 2.05) is 18.7 Å². The summed E-state index contributed by atoms with van der Waals surface area (Å²) in [6.45, 7) is 11.8. The summed E-state index contributed by atoms with van der Waals surface area (Å²) in [5.41, 5.74) is 0.365. The zero-order chi connectivity index (χ0) is 15.1. The molecule has 0 saturated carbocycles. The third kappa shape index (κ3) is 1.95. The monoisotopic (exact) mass is 278 g/mol. The Hall–Kier alpha value is -1.39. The number of hydrogen-bond donors (Lipinski definition) is 1. The smallest absolute Gasteiger partial charge is 0.229 e. The summed E-state index contributed by atoms with van der Waals surface area (Å²) in [7, 11) is 1.74. The number of likely N-dealkylation sites (tertiary alicyclic amines) is 1. The predicted octanol–water partition coefficient (Wildman–Crippen LogP) is 1.69. The van der Waals surface area contributed by atoms with E-state index in [0.29, 0.717) is 19.0 Å². The fraction of sp³-hybridized carbons (Fsp3) is 0.800. The van der Waals surface area contributed by atoms with E-state index in [1.54, 1.807) is 7.05 Å². The molecule has 0 aromatic rings. The van der Waals surface area contributed by atoms with Crippen molar-refractivity contribution in [2.45, 2.75) is 47.1 Å². The molecule has 2 heterocycles. The van der Waals surface area contributed by atoms with E-state index in [-0.39, 0.29) is 17.4 Å². The second-order valence-electron chi connectivity index (χ2n) is 6.61. The first-order valence-electron chi connectivity index (χ1n) is 7.37. The number of nitrogens with zero attached hydrogens (tertiary/aromatic N) is 3. The van der Waals surface area contributed by atoms with Crippen molar-refractivity contribution in [3.05, 3.63) is 0 Å². The number of nitrogens with one attached hydrogen (secondary N) is 1. The van der Waals surface area contributed by atoms with Gasteiger partial charge in [-0.25, -0.2) is 4.99 Å². The lowest BCUT2D eigenvalue weighted by molar-refractivity contribution is -0.149. The van der Waals surface area contributed by atoms with Gasteiger partial charge >= 0.3 is 0 Å². The Bertz CT molecular complexity index is 480. The number of fused-ring (bicyclic) bond motifs is 1. The average Bonchev–Trinajstić information content (AvgIpc) is 2.43. The molecule has 0 aromatic heterocycles. The molecule has 5 nitrogen and oxygen atoms in total. The second kappa shape index (κ2) is 4.86. The second-order valence-corrected chi connectivity index (χ2v) is 6.61. The maximum absolute atomic E-state index is 12.9.